The van der Waals surface area contributed by atoms with Gasteiger partial charge in [0.15, 0.2) is 0 Å². The number of hydrogen-bond donors (Lipinski definition) is 1. The van der Waals surface area contributed by atoms with E-state index in [1.807, 2.05) is 6.07 Å². The highest BCUT2D eigenvalue weighted by atomic mass is 35.5. The number of rotatable bonds is 1. The minimum Gasteiger partial charge on any atom is -0.267 e. The van der Waals surface area contributed by atoms with Crippen LogP contribution in [0.25, 0.3) is 11.1 Å². The van der Waals surface area contributed by atoms with E-state index in [9.17, 15) is 9.18 Å². The summed E-state index contributed by atoms with van der Waals surface area (Å²) >= 11 is 5.70. The molecule has 0 fully saturated rings. The summed E-state index contributed by atoms with van der Waals surface area (Å²) in [5.74, 6) is -0.435. The number of nitrogens with zero attached hydrogens (tertiary/aromatic N) is 1. The molecule has 17 heavy (non-hydrogen) atoms. The number of H-pyrrole nitrogens is 1. The highest BCUT2D eigenvalue weighted by molar-refractivity contribution is 6.29. The van der Waals surface area contributed by atoms with E-state index in [-0.39, 0.29) is 16.3 Å². The van der Waals surface area contributed by atoms with Crippen LogP contribution in [-0.2, 0) is 0 Å². The van der Waals surface area contributed by atoms with E-state index in [0.29, 0.717) is 5.56 Å². The number of nitrogens with one attached hydrogen (secondary N) is 1. The van der Waals surface area contributed by atoms with Gasteiger partial charge in [-0.25, -0.2) is 9.49 Å². The van der Waals surface area contributed by atoms with E-state index in [4.69, 9.17) is 11.6 Å². The lowest BCUT2D eigenvalue weighted by molar-refractivity contribution is 0.628. The molecule has 0 radical (unpaired) electrons. The van der Waals surface area contributed by atoms with E-state index >= 15 is 0 Å². The minimum absolute atomic E-state index is 0.124. The third kappa shape index (κ3) is 2.22. The fraction of sp³-hybridized carbons (Fsp3) is 0.167. The van der Waals surface area contributed by atoms with E-state index < -0.39 is 11.4 Å². The Morgan fingerprint density at radius 2 is 2.00 bits per heavy atom. The maximum absolute atomic E-state index is 13.9. The van der Waals surface area contributed by atoms with Crippen molar-refractivity contribution in [3.63, 3.8) is 0 Å². The first-order valence-corrected chi connectivity index (χ1v) is 5.39. The smallest absolute Gasteiger partial charge is 0.267 e. The Bertz CT molecular complexity index is 614. The predicted octanol–water partition coefficient (Wildman–Crippen LogP) is 2.85. The molecule has 0 aliphatic carbocycles. The molecule has 2 rings (SSSR count). The predicted molar refractivity (Wildman–Crippen MR) is 64.7 cm³/mol. The molecule has 2 aromatic rings. The molecule has 0 saturated carbocycles. The number of aryl methyl sites for hydroxylation is 2. The Kier molecular flexibility index (Phi) is 2.98. The summed E-state index contributed by atoms with van der Waals surface area (Å²) in [6.07, 6.45) is 0. The van der Waals surface area contributed by atoms with Gasteiger partial charge < -0.3 is 0 Å². The van der Waals surface area contributed by atoms with Crippen LogP contribution in [0.4, 0.5) is 4.39 Å². The molecular formula is C12H10ClFN2O. The van der Waals surface area contributed by atoms with Crippen molar-refractivity contribution < 1.29 is 4.39 Å². The average Bonchev–Trinajstić information content (AvgIpc) is 2.21. The fourth-order valence-corrected chi connectivity index (χ4v) is 1.98. The zero-order chi connectivity index (χ0) is 12.6. The van der Waals surface area contributed by atoms with Gasteiger partial charge in [-0.1, -0.05) is 17.7 Å². The molecule has 1 heterocycles. The van der Waals surface area contributed by atoms with Crippen LogP contribution in [0.2, 0.25) is 5.15 Å². The molecule has 5 heteroatoms. The van der Waals surface area contributed by atoms with Crippen molar-refractivity contribution in [2.45, 2.75) is 13.8 Å². The molecule has 0 bridgehead atoms. The van der Waals surface area contributed by atoms with Gasteiger partial charge in [0.1, 0.15) is 11.0 Å². The van der Waals surface area contributed by atoms with Crippen molar-refractivity contribution in [2.24, 2.45) is 0 Å². The van der Waals surface area contributed by atoms with Crippen LogP contribution in [0, 0.1) is 19.7 Å². The van der Waals surface area contributed by atoms with Gasteiger partial charge in [0.25, 0.3) is 5.56 Å². The summed E-state index contributed by atoms with van der Waals surface area (Å²) in [7, 11) is 0. The maximum Gasteiger partial charge on any atom is 0.272 e. The lowest BCUT2D eigenvalue weighted by Crippen LogP contribution is -2.12. The first kappa shape index (κ1) is 11.8. The van der Waals surface area contributed by atoms with Crippen LogP contribution in [-0.4, -0.2) is 10.2 Å². The van der Waals surface area contributed by atoms with Gasteiger partial charge in [-0.3, -0.25) is 4.79 Å². The molecule has 3 nitrogen and oxygen atoms in total. The van der Waals surface area contributed by atoms with Crippen molar-refractivity contribution >= 4 is 11.6 Å². The summed E-state index contributed by atoms with van der Waals surface area (Å²) < 4.78 is 13.9. The largest absolute Gasteiger partial charge is 0.272 e. The van der Waals surface area contributed by atoms with Crippen molar-refractivity contribution in [3.05, 3.63) is 50.7 Å². The molecule has 1 aromatic heterocycles. The summed E-state index contributed by atoms with van der Waals surface area (Å²) in [6.45, 7) is 3.54. The summed E-state index contributed by atoms with van der Waals surface area (Å²) in [4.78, 5) is 11.6. The molecule has 0 spiro atoms. The summed E-state index contributed by atoms with van der Waals surface area (Å²) in [6, 6.07) is 4.56. The Labute approximate surface area is 102 Å². The third-order valence-corrected chi connectivity index (χ3v) is 2.67. The van der Waals surface area contributed by atoms with Crippen LogP contribution in [0.5, 0.6) is 0 Å². The van der Waals surface area contributed by atoms with Crippen molar-refractivity contribution in [3.8, 4) is 11.1 Å². The van der Waals surface area contributed by atoms with Gasteiger partial charge in [0, 0.05) is 5.56 Å². The lowest BCUT2D eigenvalue weighted by atomic mass is 9.99. The highest BCUT2D eigenvalue weighted by Gasteiger charge is 2.13. The minimum atomic E-state index is -0.458. The molecular weight excluding hydrogens is 243 g/mol. The number of aromatic nitrogens is 2. The Balaban J connectivity index is 2.77. The van der Waals surface area contributed by atoms with Crippen LogP contribution < -0.4 is 5.56 Å². The highest BCUT2D eigenvalue weighted by Crippen LogP contribution is 2.25. The van der Waals surface area contributed by atoms with Gasteiger partial charge in [-0.15, -0.1) is 0 Å². The molecule has 1 aromatic carbocycles. The molecule has 0 aliphatic rings. The normalized spacial score (nSPS) is 10.6. The first-order valence-electron chi connectivity index (χ1n) is 5.01. The van der Waals surface area contributed by atoms with Crippen LogP contribution in [0.15, 0.2) is 23.0 Å². The molecule has 0 saturated heterocycles. The monoisotopic (exact) mass is 252 g/mol. The van der Waals surface area contributed by atoms with Gasteiger partial charge in [-0.2, -0.15) is 5.10 Å². The number of aromatic amines is 1. The first-order chi connectivity index (χ1) is 7.99. The number of benzene rings is 1. The van der Waals surface area contributed by atoms with E-state index in [1.54, 1.807) is 13.8 Å². The van der Waals surface area contributed by atoms with E-state index in [1.165, 1.54) is 12.1 Å². The number of halogens is 2. The molecule has 0 amide bonds. The van der Waals surface area contributed by atoms with Gasteiger partial charge >= 0.3 is 0 Å². The SMILES string of the molecule is Cc1cc(C)c(-c2cc(Cl)n[nH]c2=O)c(F)c1. The van der Waals surface area contributed by atoms with Crippen molar-refractivity contribution in [2.75, 3.05) is 0 Å². The van der Waals surface area contributed by atoms with Crippen LogP contribution in [0.3, 0.4) is 0 Å². The lowest BCUT2D eigenvalue weighted by Gasteiger charge is -2.08. The average molecular weight is 253 g/mol. The zero-order valence-corrected chi connectivity index (χ0v) is 10.1. The van der Waals surface area contributed by atoms with Crippen molar-refractivity contribution in [1.29, 1.82) is 0 Å². The Hall–Kier alpha value is -1.68. The number of hydrogen-bond acceptors (Lipinski definition) is 2. The molecule has 88 valence electrons. The van der Waals surface area contributed by atoms with Gasteiger partial charge in [-0.05, 0) is 37.1 Å². The van der Waals surface area contributed by atoms with E-state index in [0.717, 1.165) is 5.56 Å². The molecule has 1 N–H and O–H groups in total. The maximum atomic E-state index is 13.9. The second-order valence-corrected chi connectivity index (χ2v) is 4.26. The fourth-order valence-electron chi connectivity index (χ4n) is 1.82. The standard InChI is InChI=1S/C12H10ClFN2O/c1-6-3-7(2)11(9(14)4-6)8-5-10(13)15-16-12(8)17/h3-5H,1-2H3,(H,16,17). The van der Waals surface area contributed by atoms with E-state index in [2.05, 4.69) is 10.2 Å². The van der Waals surface area contributed by atoms with Crippen LogP contribution >= 0.6 is 11.6 Å². The van der Waals surface area contributed by atoms with Gasteiger partial charge in [0.2, 0.25) is 0 Å². The van der Waals surface area contributed by atoms with Crippen LogP contribution in [0.1, 0.15) is 11.1 Å². The molecule has 0 unspecified atom stereocenters. The second-order valence-electron chi connectivity index (χ2n) is 3.87. The quantitative estimate of drug-likeness (QED) is 0.848. The molecule has 0 aliphatic heterocycles. The Morgan fingerprint density at radius 3 is 2.65 bits per heavy atom. The zero-order valence-electron chi connectivity index (χ0n) is 9.34. The summed E-state index contributed by atoms with van der Waals surface area (Å²) in [5, 5.41) is 5.90. The Morgan fingerprint density at radius 1 is 1.29 bits per heavy atom. The second kappa shape index (κ2) is 4.30. The molecule has 0 atom stereocenters. The topological polar surface area (TPSA) is 45.8 Å². The van der Waals surface area contributed by atoms with Crippen molar-refractivity contribution in [1.82, 2.24) is 10.2 Å². The third-order valence-electron chi connectivity index (χ3n) is 2.47. The summed E-state index contributed by atoms with van der Waals surface area (Å²) in [5.41, 5.74) is 1.50. The van der Waals surface area contributed by atoms with Gasteiger partial charge in [0.05, 0.1) is 5.56 Å².